The lowest BCUT2D eigenvalue weighted by Gasteiger charge is -2.22. The van der Waals surface area contributed by atoms with Gasteiger partial charge in [0.25, 0.3) is 0 Å². The van der Waals surface area contributed by atoms with E-state index >= 15 is 0 Å². The molecule has 0 spiro atoms. The van der Waals surface area contributed by atoms with Crippen molar-refractivity contribution in [1.82, 2.24) is 0 Å². The molecule has 5 atom stereocenters. The molecular weight excluding hydrogens is 464 g/mol. The number of benzene rings is 3. The molecule has 3 saturated heterocycles. The summed E-state index contributed by atoms with van der Waals surface area (Å²) >= 11 is 0. The molecular formula is C28H23O6S+. The second kappa shape index (κ2) is 8.14. The normalized spacial score (nSPS) is 27.8. The SMILES string of the molecule is O=C(COc1ccc([S+]2c3ccccc3Cc3ccccc32)cc1)OC1C2CC3C(=O)OC1C3O2. The minimum atomic E-state index is -0.547. The Kier molecular flexibility index (Phi) is 4.89. The van der Waals surface area contributed by atoms with Crippen LogP contribution in [0.3, 0.4) is 0 Å². The quantitative estimate of drug-likeness (QED) is 0.316. The molecule has 3 fully saturated rings. The third kappa shape index (κ3) is 3.45. The highest BCUT2D eigenvalue weighted by Gasteiger charge is 2.65. The van der Waals surface area contributed by atoms with Gasteiger partial charge in [0, 0.05) is 17.5 Å². The van der Waals surface area contributed by atoms with Gasteiger partial charge in [-0.3, -0.25) is 4.79 Å². The monoisotopic (exact) mass is 487 g/mol. The van der Waals surface area contributed by atoms with Crippen LogP contribution in [-0.2, 0) is 41.1 Å². The van der Waals surface area contributed by atoms with Crippen LogP contribution in [0.5, 0.6) is 5.75 Å². The summed E-state index contributed by atoms with van der Waals surface area (Å²) in [5.74, 6) is -0.351. The third-order valence-corrected chi connectivity index (χ3v) is 9.65. The van der Waals surface area contributed by atoms with Gasteiger partial charge in [0.2, 0.25) is 0 Å². The van der Waals surface area contributed by atoms with E-state index in [1.54, 1.807) is 0 Å². The van der Waals surface area contributed by atoms with Gasteiger partial charge in [0.15, 0.2) is 33.5 Å². The first-order chi connectivity index (χ1) is 17.2. The first-order valence-electron chi connectivity index (χ1n) is 11.8. The van der Waals surface area contributed by atoms with Crippen LogP contribution in [0.1, 0.15) is 17.5 Å². The van der Waals surface area contributed by atoms with E-state index in [2.05, 4.69) is 60.7 Å². The Morgan fingerprint density at radius 1 is 0.914 bits per heavy atom. The van der Waals surface area contributed by atoms with E-state index in [4.69, 9.17) is 18.9 Å². The van der Waals surface area contributed by atoms with Crippen molar-refractivity contribution in [2.45, 2.75) is 51.9 Å². The van der Waals surface area contributed by atoms with Gasteiger partial charge >= 0.3 is 11.9 Å². The Hall–Kier alpha value is -3.29. The van der Waals surface area contributed by atoms with E-state index in [1.165, 1.54) is 25.8 Å². The van der Waals surface area contributed by atoms with Crippen LogP contribution < -0.4 is 4.74 Å². The smallest absolute Gasteiger partial charge is 0.344 e. The summed E-state index contributed by atoms with van der Waals surface area (Å²) in [5, 5.41) is 0. The fraction of sp³-hybridized carbons (Fsp3) is 0.286. The molecule has 0 N–H and O–H groups in total. The number of hydrogen-bond acceptors (Lipinski definition) is 6. The van der Waals surface area contributed by atoms with Crippen molar-refractivity contribution in [2.24, 2.45) is 5.92 Å². The zero-order valence-electron chi connectivity index (χ0n) is 18.8. The highest BCUT2D eigenvalue weighted by molar-refractivity contribution is 7.97. The zero-order valence-corrected chi connectivity index (χ0v) is 19.6. The van der Waals surface area contributed by atoms with Crippen LogP contribution in [-0.4, -0.2) is 43.0 Å². The van der Waals surface area contributed by atoms with E-state index in [0.717, 1.165) is 6.42 Å². The first-order valence-corrected chi connectivity index (χ1v) is 13.1. The average Bonchev–Trinajstić information content (AvgIpc) is 3.52. The summed E-state index contributed by atoms with van der Waals surface area (Å²) in [5.41, 5.74) is 2.72. The van der Waals surface area contributed by atoms with Crippen molar-refractivity contribution in [2.75, 3.05) is 6.61 Å². The van der Waals surface area contributed by atoms with Gasteiger partial charge in [-0.15, -0.1) is 0 Å². The van der Waals surface area contributed by atoms with Crippen molar-refractivity contribution >= 4 is 22.8 Å². The minimum absolute atomic E-state index is 0.190. The molecule has 0 aromatic heterocycles. The van der Waals surface area contributed by atoms with E-state index < -0.39 is 18.2 Å². The Labute approximate surface area is 205 Å². The van der Waals surface area contributed by atoms with Crippen molar-refractivity contribution in [1.29, 1.82) is 0 Å². The Balaban J connectivity index is 1.04. The second-order valence-electron chi connectivity index (χ2n) is 9.30. The molecule has 0 radical (unpaired) electrons. The molecule has 3 aromatic rings. The lowest BCUT2D eigenvalue weighted by molar-refractivity contribution is -0.162. The number of esters is 2. The molecule has 176 valence electrons. The van der Waals surface area contributed by atoms with Gasteiger partial charge in [0.05, 0.1) is 22.9 Å². The van der Waals surface area contributed by atoms with E-state index in [0.29, 0.717) is 12.2 Å². The summed E-state index contributed by atoms with van der Waals surface area (Å²) in [6.45, 7) is -0.214. The van der Waals surface area contributed by atoms with Gasteiger partial charge in [-0.05, 0) is 42.8 Å². The minimum Gasteiger partial charge on any atom is -0.482 e. The summed E-state index contributed by atoms with van der Waals surface area (Å²) in [6.07, 6.45) is -0.0887. The number of hydrogen-bond donors (Lipinski definition) is 0. The molecule has 0 saturated carbocycles. The molecule has 6 nitrogen and oxygen atoms in total. The predicted molar refractivity (Wildman–Crippen MR) is 126 cm³/mol. The summed E-state index contributed by atoms with van der Waals surface area (Å²) in [4.78, 5) is 28.2. The average molecular weight is 488 g/mol. The number of fused-ring (bicyclic) bond motifs is 3. The Morgan fingerprint density at radius 3 is 2.31 bits per heavy atom. The van der Waals surface area contributed by atoms with Crippen LogP contribution in [0, 0.1) is 5.92 Å². The maximum atomic E-state index is 12.5. The molecule has 4 heterocycles. The molecule has 3 aromatic carbocycles. The van der Waals surface area contributed by atoms with Crippen molar-refractivity contribution in [3.8, 4) is 5.75 Å². The highest BCUT2D eigenvalue weighted by Crippen LogP contribution is 2.47. The molecule has 7 heteroatoms. The fourth-order valence-corrected chi connectivity index (χ4v) is 8.04. The van der Waals surface area contributed by atoms with E-state index in [-0.39, 0.29) is 41.6 Å². The van der Waals surface area contributed by atoms with Crippen LogP contribution in [0.15, 0.2) is 87.5 Å². The van der Waals surface area contributed by atoms with Gasteiger partial charge in [0.1, 0.15) is 11.9 Å². The lowest BCUT2D eigenvalue weighted by Crippen LogP contribution is -2.40. The van der Waals surface area contributed by atoms with Crippen LogP contribution in [0.25, 0.3) is 0 Å². The van der Waals surface area contributed by atoms with Gasteiger partial charge in [-0.25, -0.2) is 4.79 Å². The summed E-state index contributed by atoms with van der Waals surface area (Å²) in [6, 6.07) is 25.2. The van der Waals surface area contributed by atoms with Crippen molar-refractivity contribution < 1.29 is 28.5 Å². The Morgan fingerprint density at radius 2 is 1.60 bits per heavy atom. The number of rotatable bonds is 5. The van der Waals surface area contributed by atoms with Crippen LogP contribution in [0.2, 0.25) is 0 Å². The molecule has 7 rings (SSSR count). The molecule has 0 aliphatic carbocycles. The number of carbonyl (C=O) groups excluding carboxylic acids is 2. The highest BCUT2D eigenvalue weighted by atomic mass is 32.2. The van der Waals surface area contributed by atoms with Gasteiger partial charge in [-0.2, -0.15) is 0 Å². The molecule has 4 aliphatic rings. The molecule has 4 aliphatic heterocycles. The lowest BCUT2D eigenvalue weighted by atomic mass is 9.88. The second-order valence-corrected chi connectivity index (χ2v) is 11.3. The topological polar surface area (TPSA) is 71.1 Å². The van der Waals surface area contributed by atoms with E-state index in [1.807, 2.05) is 12.1 Å². The van der Waals surface area contributed by atoms with E-state index in [9.17, 15) is 9.59 Å². The standard InChI is InChI=1S/C28H23O6S/c29-24(33-26-21-14-20-25(32-21)27(26)34-28(20)30)15-31-18-9-11-19(12-10-18)35-22-7-3-1-5-16(22)13-17-6-2-4-8-23(17)35/h1-12,20-21,25-27H,13-15H2/q+1. The third-order valence-electron chi connectivity index (χ3n) is 7.23. The molecule has 0 amide bonds. The summed E-state index contributed by atoms with van der Waals surface area (Å²) in [7, 11) is -0.190. The molecule has 35 heavy (non-hydrogen) atoms. The Bertz CT molecular complexity index is 1280. The van der Waals surface area contributed by atoms with Crippen molar-refractivity contribution in [3.05, 3.63) is 83.9 Å². The fourth-order valence-electron chi connectivity index (χ4n) is 5.66. The van der Waals surface area contributed by atoms with Gasteiger partial charge in [-0.1, -0.05) is 36.4 Å². The van der Waals surface area contributed by atoms with Crippen molar-refractivity contribution in [3.63, 3.8) is 0 Å². The summed E-state index contributed by atoms with van der Waals surface area (Å²) < 4.78 is 22.4. The molecule has 5 unspecified atom stereocenters. The number of ether oxygens (including phenoxy) is 4. The zero-order chi connectivity index (χ0) is 23.5. The maximum absolute atomic E-state index is 12.5. The first kappa shape index (κ1) is 21.0. The van der Waals surface area contributed by atoms with Crippen LogP contribution in [0.4, 0.5) is 0 Å². The molecule has 2 bridgehead atoms. The largest absolute Gasteiger partial charge is 0.482 e. The maximum Gasteiger partial charge on any atom is 0.344 e. The predicted octanol–water partition coefficient (Wildman–Crippen LogP) is 3.69. The van der Waals surface area contributed by atoms with Crippen LogP contribution >= 0.6 is 0 Å². The van der Waals surface area contributed by atoms with Gasteiger partial charge < -0.3 is 18.9 Å². The number of carbonyl (C=O) groups is 2.